The Balaban J connectivity index is 1.90. The molecule has 0 bridgehead atoms. The summed E-state index contributed by atoms with van der Waals surface area (Å²) in [5.74, 6) is 0.909. The van der Waals surface area contributed by atoms with Crippen molar-refractivity contribution in [2.45, 2.75) is 13.0 Å². The van der Waals surface area contributed by atoms with Gasteiger partial charge in [0.25, 0.3) is 0 Å². The van der Waals surface area contributed by atoms with Gasteiger partial charge in [0, 0.05) is 0 Å². The number of nitrogens with two attached hydrogens (primary N) is 1. The fourth-order valence-corrected chi connectivity index (χ4v) is 2.11. The van der Waals surface area contributed by atoms with E-state index in [9.17, 15) is 0 Å². The van der Waals surface area contributed by atoms with Gasteiger partial charge in [-0.1, -0.05) is 12.1 Å². The second-order valence-corrected chi connectivity index (χ2v) is 4.38. The lowest BCUT2D eigenvalue weighted by molar-refractivity contribution is 0.306. The van der Waals surface area contributed by atoms with Gasteiger partial charge < -0.3 is 10.5 Å². The molecule has 0 aliphatic carbocycles. The molecule has 1 aromatic carbocycles. The van der Waals surface area contributed by atoms with Gasteiger partial charge >= 0.3 is 0 Å². The van der Waals surface area contributed by atoms with Crippen LogP contribution < -0.4 is 10.5 Å². The molecule has 0 aliphatic rings. The quantitative estimate of drug-likeness (QED) is 0.862. The molecule has 84 valence electrons. The maximum absolute atomic E-state index is 5.66. The molecule has 0 radical (unpaired) electrons. The fraction of sp³-hybridized carbons (Fsp3) is 0.231. The van der Waals surface area contributed by atoms with Crippen LogP contribution in [-0.4, -0.2) is 6.54 Å². The van der Waals surface area contributed by atoms with Crippen molar-refractivity contribution in [2.75, 3.05) is 6.54 Å². The molecule has 0 spiro atoms. The second-order valence-electron chi connectivity index (χ2n) is 3.60. The summed E-state index contributed by atoms with van der Waals surface area (Å²) in [6.45, 7) is 1.33. The second kappa shape index (κ2) is 5.68. The minimum atomic E-state index is 0.639. The molecule has 0 saturated heterocycles. The van der Waals surface area contributed by atoms with Crippen molar-refractivity contribution in [3.8, 4) is 5.75 Å². The van der Waals surface area contributed by atoms with E-state index in [0.29, 0.717) is 13.2 Å². The first-order chi connectivity index (χ1) is 7.88. The summed E-state index contributed by atoms with van der Waals surface area (Å²) in [5.41, 5.74) is 7.96. The minimum Gasteiger partial charge on any atom is -0.489 e. The summed E-state index contributed by atoms with van der Waals surface area (Å²) in [7, 11) is 0. The largest absolute Gasteiger partial charge is 0.489 e. The van der Waals surface area contributed by atoms with Crippen LogP contribution in [0.5, 0.6) is 5.75 Å². The Morgan fingerprint density at radius 1 is 1.06 bits per heavy atom. The standard InChI is InChI=1S/C13H15NOS/c14-7-5-11-1-3-13(4-2-11)15-9-12-6-8-16-10-12/h1-4,6,8,10H,5,7,9,14H2. The lowest BCUT2D eigenvalue weighted by Gasteiger charge is -2.05. The van der Waals surface area contributed by atoms with Gasteiger partial charge in [-0.25, -0.2) is 0 Å². The highest BCUT2D eigenvalue weighted by molar-refractivity contribution is 7.07. The molecular formula is C13H15NOS. The molecule has 2 nitrogen and oxygen atoms in total. The highest BCUT2D eigenvalue weighted by atomic mass is 32.1. The van der Waals surface area contributed by atoms with E-state index in [1.165, 1.54) is 11.1 Å². The van der Waals surface area contributed by atoms with E-state index in [-0.39, 0.29) is 0 Å². The molecule has 0 unspecified atom stereocenters. The van der Waals surface area contributed by atoms with E-state index in [2.05, 4.69) is 29.0 Å². The van der Waals surface area contributed by atoms with Gasteiger partial charge in [0.15, 0.2) is 0 Å². The van der Waals surface area contributed by atoms with E-state index in [4.69, 9.17) is 10.5 Å². The van der Waals surface area contributed by atoms with E-state index in [0.717, 1.165) is 12.2 Å². The Kier molecular flexibility index (Phi) is 3.97. The summed E-state index contributed by atoms with van der Waals surface area (Å²) < 4.78 is 5.66. The molecule has 3 heteroatoms. The van der Waals surface area contributed by atoms with Crippen molar-refractivity contribution in [1.82, 2.24) is 0 Å². The zero-order valence-corrected chi connectivity index (χ0v) is 9.87. The van der Waals surface area contributed by atoms with Crippen LogP contribution >= 0.6 is 11.3 Å². The Morgan fingerprint density at radius 3 is 2.50 bits per heavy atom. The Bertz CT molecular complexity index is 408. The van der Waals surface area contributed by atoms with E-state index < -0.39 is 0 Å². The van der Waals surface area contributed by atoms with Gasteiger partial charge in [-0.2, -0.15) is 11.3 Å². The summed E-state index contributed by atoms with van der Waals surface area (Å²) in [5, 5.41) is 4.16. The Hall–Kier alpha value is -1.32. The highest BCUT2D eigenvalue weighted by Gasteiger charge is 1.97. The average molecular weight is 233 g/mol. The third kappa shape index (κ3) is 3.08. The zero-order valence-electron chi connectivity index (χ0n) is 9.06. The van der Waals surface area contributed by atoms with Crippen molar-refractivity contribution in [1.29, 1.82) is 0 Å². The van der Waals surface area contributed by atoms with Gasteiger partial charge in [0.1, 0.15) is 12.4 Å². The fourth-order valence-electron chi connectivity index (χ4n) is 1.46. The third-order valence-electron chi connectivity index (χ3n) is 2.34. The molecule has 1 aromatic heterocycles. The van der Waals surface area contributed by atoms with Crippen LogP contribution in [0.3, 0.4) is 0 Å². The van der Waals surface area contributed by atoms with Crippen molar-refractivity contribution in [3.63, 3.8) is 0 Å². The van der Waals surface area contributed by atoms with E-state index in [1.54, 1.807) is 11.3 Å². The maximum Gasteiger partial charge on any atom is 0.119 e. The number of ether oxygens (including phenoxy) is 1. The van der Waals surface area contributed by atoms with Gasteiger partial charge in [-0.05, 0) is 53.1 Å². The number of benzene rings is 1. The van der Waals surface area contributed by atoms with Crippen molar-refractivity contribution in [3.05, 3.63) is 52.2 Å². The molecule has 0 saturated carbocycles. The minimum absolute atomic E-state index is 0.639. The molecule has 0 fully saturated rings. The normalized spacial score (nSPS) is 10.3. The molecule has 0 aliphatic heterocycles. The van der Waals surface area contributed by atoms with E-state index in [1.807, 2.05) is 12.1 Å². The number of hydrogen-bond donors (Lipinski definition) is 1. The molecule has 2 rings (SSSR count). The predicted molar refractivity (Wildman–Crippen MR) is 67.9 cm³/mol. The smallest absolute Gasteiger partial charge is 0.119 e. The topological polar surface area (TPSA) is 35.2 Å². The summed E-state index contributed by atoms with van der Waals surface area (Å²) in [6.07, 6.45) is 0.921. The third-order valence-corrected chi connectivity index (χ3v) is 3.07. The zero-order chi connectivity index (χ0) is 11.2. The summed E-state index contributed by atoms with van der Waals surface area (Å²) in [6, 6.07) is 10.2. The van der Waals surface area contributed by atoms with Crippen LogP contribution in [0.4, 0.5) is 0 Å². The van der Waals surface area contributed by atoms with Crippen molar-refractivity contribution in [2.24, 2.45) is 5.73 Å². The van der Waals surface area contributed by atoms with Gasteiger partial charge in [0.2, 0.25) is 0 Å². The summed E-state index contributed by atoms with van der Waals surface area (Å²) in [4.78, 5) is 0. The van der Waals surface area contributed by atoms with Crippen LogP contribution in [-0.2, 0) is 13.0 Å². The van der Waals surface area contributed by atoms with Gasteiger partial charge in [-0.15, -0.1) is 0 Å². The number of hydrogen-bond acceptors (Lipinski definition) is 3. The monoisotopic (exact) mass is 233 g/mol. The molecule has 16 heavy (non-hydrogen) atoms. The maximum atomic E-state index is 5.66. The molecule has 0 amide bonds. The van der Waals surface area contributed by atoms with Crippen LogP contribution in [0.15, 0.2) is 41.1 Å². The molecule has 2 aromatic rings. The SMILES string of the molecule is NCCc1ccc(OCc2ccsc2)cc1. The first-order valence-electron chi connectivity index (χ1n) is 5.31. The molecular weight excluding hydrogens is 218 g/mol. The van der Waals surface area contributed by atoms with Crippen LogP contribution in [0.25, 0.3) is 0 Å². The Morgan fingerprint density at radius 2 is 1.88 bits per heavy atom. The van der Waals surface area contributed by atoms with Crippen molar-refractivity contribution >= 4 is 11.3 Å². The first kappa shape index (κ1) is 11.2. The molecule has 2 N–H and O–H groups in total. The first-order valence-corrected chi connectivity index (χ1v) is 6.25. The van der Waals surface area contributed by atoms with Crippen LogP contribution in [0.2, 0.25) is 0 Å². The van der Waals surface area contributed by atoms with E-state index >= 15 is 0 Å². The van der Waals surface area contributed by atoms with Crippen molar-refractivity contribution < 1.29 is 4.74 Å². The molecule has 1 heterocycles. The lowest BCUT2D eigenvalue weighted by atomic mass is 10.1. The van der Waals surface area contributed by atoms with Crippen LogP contribution in [0.1, 0.15) is 11.1 Å². The summed E-state index contributed by atoms with van der Waals surface area (Å²) >= 11 is 1.69. The number of thiophene rings is 1. The van der Waals surface area contributed by atoms with Gasteiger partial charge in [-0.3, -0.25) is 0 Å². The Labute approximate surface area is 99.7 Å². The van der Waals surface area contributed by atoms with Gasteiger partial charge in [0.05, 0.1) is 0 Å². The lowest BCUT2D eigenvalue weighted by Crippen LogP contribution is -2.02. The predicted octanol–water partition coefficient (Wildman–Crippen LogP) is 2.83. The van der Waals surface area contributed by atoms with Crippen LogP contribution in [0, 0.1) is 0 Å². The molecule has 0 atom stereocenters. The number of rotatable bonds is 5. The average Bonchev–Trinajstić information content (AvgIpc) is 2.82. The highest BCUT2D eigenvalue weighted by Crippen LogP contribution is 2.15.